The molecule has 0 bridgehead atoms. The van der Waals surface area contributed by atoms with Crippen molar-refractivity contribution >= 4 is 21.7 Å². The van der Waals surface area contributed by atoms with Crippen LogP contribution in [-0.4, -0.2) is 67.6 Å². The lowest BCUT2D eigenvalue weighted by Crippen LogP contribution is -2.53. The Morgan fingerprint density at radius 1 is 1.37 bits per heavy atom. The van der Waals surface area contributed by atoms with Crippen LogP contribution in [0.25, 0.3) is 0 Å². The zero-order chi connectivity index (χ0) is 14.0. The van der Waals surface area contributed by atoms with Gasteiger partial charge in [0, 0.05) is 13.2 Å². The van der Waals surface area contributed by atoms with Crippen molar-refractivity contribution in [2.45, 2.75) is 18.9 Å². The fourth-order valence-electron chi connectivity index (χ4n) is 2.51. The van der Waals surface area contributed by atoms with Gasteiger partial charge in [0.15, 0.2) is 9.84 Å². The van der Waals surface area contributed by atoms with E-state index in [1.54, 1.807) is 0 Å². The number of amides is 1. The molecule has 0 spiro atoms. The van der Waals surface area contributed by atoms with Crippen molar-refractivity contribution < 1.29 is 27.9 Å². The number of carbonyl (C=O) groups excluding carboxylic acids is 1. The molecule has 19 heavy (non-hydrogen) atoms. The van der Waals surface area contributed by atoms with Crippen LogP contribution in [0.1, 0.15) is 12.8 Å². The van der Waals surface area contributed by atoms with Gasteiger partial charge in [0.2, 0.25) is 5.91 Å². The van der Waals surface area contributed by atoms with Crippen molar-refractivity contribution in [2.24, 2.45) is 5.92 Å². The van der Waals surface area contributed by atoms with Crippen LogP contribution in [0.5, 0.6) is 0 Å². The van der Waals surface area contributed by atoms with E-state index in [-0.39, 0.29) is 36.3 Å². The van der Waals surface area contributed by atoms with Crippen molar-refractivity contribution in [2.75, 3.05) is 31.3 Å². The van der Waals surface area contributed by atoms with Gasteiger partial charge >= 0.3 is 5.97 Å². The highest BCUT2D eigenvalue weighted by molar-refractivity contribution is 7.91. The third kappa shape index (κ3) is 3.44. The van der Waals surface area contributed by atoms with Gasteiger partial charge in [0.05, 0.1) is 36.5 Å². The number of ether oxygens (including phenoxy) is 1. The third-order valence-electron chi connectivity index (χ3n) is 3.50. The highest BCUT2D eigenvalue weighted by Crippen LogP contribution is 2.22. The summed E-state index contributed by atoms with van der Waals surface area (Å²) in [6, 6.07) is -0.760. The molecule has 0 radical (unpaired) electrons. The Labute approximate surface area is 111 Å². The lowest BCUT2D eigenvalue weighted by atomic mass is 10.1. The number of rotatable bonds is 3. The number of hydrogen-bond acceptors (Lipinski definition) is 5. The van der Waals surface area contributed by atoms with Gasteiger partial charge in [-0.05, 0) is 6.42 Å². The van der Waals surface area contributed by atoms with Crippen LogP contribution in [0.3, 0.4) is 0 Å². The lowest BCUT2D eigenvalue weighted by Gasteiger charge is -2.36. The molecule has 0 aromatic heterocycles. The second kappa shape index (κ2) is 5.46. The van der Waals surface area contributed by atoms with Gasteiger partial charge < -0.3 is 14.7 Å². The fourth-order valence-corrected chi connectivity index (χ4v) is 4.04. The van der Waals surface area contributed by atoms with E-state index >= 15 is 0 Å². The van der Waals surface area contributed by atoms with E-state index in [4.69, 9.17) is 9.84 Å². The van der Waals surface area contributed by atoms with Gasteiger partial charge in [0.25, 0.3) is 0 Å². The number of nitrogens with zero attached hydrogens (tertiary/aromatic N) is 1. The highest BCUT2D eigenvalue weighted by atomic mass is 32.2. The lowest BCUT2D eigenvalue weighted by molar-refractivity contribution is -0.142. The van der Waals surface area contributed by atoms with E-state index in [1.165, 1.54) is 4.90 Å². The second-order valence-corrected chi connectivity index (χ2v) is 7.19. The summed E-state index contributed by atoms with van der Waals surface area (Å²) in [5.41, 5.74) is 0. The van der Waals surface area contributed by atoms with Crippen LogP contribution in [0, 0.1) is 5.92 Å². The Hall–Kier alpha value is -1.15. The smallest absolute Gasteiger partial charge is 0.305 e. The van der Waals surface area contributed by atoms with E-state index in [0.717, 1.165) is 0 Å². The Balaban J connectivity index is 2.11. The predicted octanol–water partition coefficient (Wildman–Crippen LogP) is -0.877. The normalized spacial score (nSPS) is 30.2. The van der Waals surface area contributed by atoms with Gasteiger partial charge in [-0.3, -0.25) is 9.59 Å². The molecule has 1 N–H and O–H groups in total. The maximum atomic E-state index is 12.3. The standard InChI is InChI=1S/C11H17NO6S/c13-10(14)5-9-7-19(16,17)4-2-12(9)11(15)8-1-3-18-6-8/h8-9H,1-7H2,(H,13,14). The first kappa shape index (κ1) is 14.3. The molecule has 2 heterocycles. The number of hydrogen-bond donors (Lipinski definition) is 1. The Bertz CT molecular complexity index is 468. The molecule has 0 aromatic carbocycles. The molecule has 2 saturated heterocycles. The summed E-state index contributed by atoms with van der Waals surface area (Å²) in [4.78, 5) is 24.5. The number of carboxylic acid groups (broad SMARTS) is 1. The molecule has 2 rings (SSSR count). The zero-order valence-electron chi connectivity index (χ0n) is 10.4. The van der Waals surface area contributed by atoms with E-state index in [2.05, 4.69) is 0 Å². The van der Waals surface area contributed by atoms with E-state index in [9.17, 15) is 18.0 Å². The summed E-state index contributed by atoms with van der Waals surface area (Å²) in [6.45, 7) is 0.934. The Kier molecular flexibility index (Phi) is 4.10. The first-order chi connectivity index (χ1) is 8.89. The zero-order valence-corrected chi connectivity index (χ0v) is 11.3. The first-order valence-electron chi connectivity index (χ1n) is 6.19. The molecule has 2 atom stereocenters. The number of aliphatic carboxylic acids is 1. The van der Waals surface area contributed by atoms with Crippen LogP contribution < -0.4 is 0 Å². The van der Waals surface area contributed by atoms with Crippen LogP contribution >= 0.6 is 0 Å². The number of carbonyl (C=O) groups is 2. The van der Waals surface area contributed by atoms with Crippen molar-refractivity contribution in [1.29, 1.82) is 0 Å². The summed E-state index contributed by atoms with van der Waals surface area (Å²) >= 11 is 0. The van der Waals surface area contributed by atoms with Crippen molar-refractivity contribution in [1.82, 2.24) is 4.90 Å². The molecule has 0 aliphatic carbocycles. The maximum Gasteiger partial charge on any atom is 0.305 e. The minimum atomic E-state index is -3.26. The predicted molar refractivity (Wildman–Crippen MR) is 65.3 cm³/mol. The summed E-state index contributed by atoms with van der Waals surface area (Å²) in [5, 5.41) is 8.84. The molecule has 2 aliphatic heterocycles. The summed E-state index contributed by atoms with van der Waals surface area (Å²) in [5.74, 6) is -1.90. The molecule has 0 aromatic rings. The van der Waals surface area contributed by atoms with Crippen LogP contribution in [0.2, 0.25) is 0 Å². The summed E-state index contributed by atoms with van der Waals surface area (Å²) in [7, 11) is -3.26. The van der Waals surface area contributed by atoms with Gasteiger partial charge in [-0.2, -0.15) is 0 Å². The number of carboxylic acids is 1. The molecule has 7 nitrogen and oxygen atoms in total. The van der Waals surface area contributed by atoms with Crippen molar-refractivity contribution in [3.05, 3.63) is 0 Å². The molecule has 108 valence electrons. The van der Waals surface area contributed by atoms with Gasteiger partial charge in [0.1, 0.15) is 0 Å². The maximum absolute atomic E-state index is 12.3. The molecule has 2 fully saturated rings. The van der Waals surface area contributed by atoms with Crippen molar-refractivity contribution in [3.8, 4) is 0 Å². The average molecular weight is 291 g/mol. The topological polar surface area (TPSA) is 101 Å². The van der Waals surface area contributed by atoms with Crippen LogP contribution in [0.15, 0.2) is 0 Å². The minimum absolute atomic E-state index is 0.0790. The summed E-state index contributed by atoms with van der Waals surface area (Å²) in [6.07, 6.45) is 0.278. The summed E-state index contributed by atoms with van der Waals surface area (Å²) < 4.78 is 28.3. The minimum Gasteiger partial charge on any atom is -0.481 e. The van der Waals surface area contributed by atoms with Gasteiger partial charge in [-0.1, -0.05) is 0 Å². The second-order valence-electron chi connectivity index (χ2n) is 4.96. The van der Waals surface area contributed by atoms with Gasteiger partial charge in [-0.25, -0.2) is 8.42 Å². The molecule has 8 heteroatoms. The van der Waals surface area contributed by atoms with E-state index in [0.29, 0.717) is 19.6 Å². The molecule has 2 unspecified atom stereocenters. The third-order valence-corrected chi connectivity index (χ3v) is 5.20. The monoisotopic (exact) mass is 291 g/mol. The molecule has 0 saturated carbocycles. The molecular formula is C11H17NO6S. The van der Waals surface area contributed by atoms with Crippen LogP contribution in [-0.2, 0) is 24.2 Å². The van der Waals surface area contributed by atoms with Crippen molar-refractivity contribution in [3.63, 3.8) is 0 Å². The largest absolute Gasteiger partial charge is 0.481 e. The fraction of sp³-hybridized carbons (Fsp3) is 0.818. The Morgan fingerprint density at radius 2 is 2.11 bits per heavy atom. The van der Waals surface area contributed by atoms with Gasteiger partial charge in [-0.15, -0.1) is 0 Å². The molecule has 2 aliphatic rings. The Morgan fingerprint density at radius 3 is 2.68 bits per heavy atom. The number of sulfone groups is 1. The highest BCUT2D eigenvalue weighted by Gasteiger charge is 2.38. The first-order valence-corrected chi connectivity index (χ1v) is 8.01. The quantitative estimate of drug-likeness (QED) is 0.725. The molecular weight excluding hydrogens is 274 g/mol. The van der Waals surface area contributed by atoms with Crippen LogP contribution in [0.4, 0.5) is 0 Å². The van der Waals surface area contributed by atoms with E-state index in [1.807, 2.05) is 0 Å². The van der Waals surface area contributed by atoms with E-state index < -0.39 is 21.8 Å². The molecule has 1 amide bonds. The average Bonchev–Trinajstić information content (AvgIpc) is 2.79. The SMILES string of the molecule is O=C(O)CC1CS(=O)(=O)CCN1C(=O)C1CCOC1.